The summed E-state index contributed by atoms with van der Waals surface area (Å²) in [6.07, 6.45) is 3.77. The van der Waals surface area contributed by atoms with Crippen molar-refractivity contribution >= 4 is 11.5 Å². The number of pyridine rings is 1. The number of anilines is 1. The molecule has 82 valence electrons. The first kappa shape index (κ1) is 11.4. The number of unbranched alkanes of at least 4 members (excludes halogenated alkanes) is 1. The van der Waals surface area contributed by atoms with Crippen molar-refractivity contribution in [2.75, 3.05) is 18.5 Å². The first-order valence-corrected chi connectivity index (χ1v) is 4.96. The van der Waals surface area contributed by atoms with E-state index in [0.29, 0.717) is 0 Å². The minimum absolute atomic E-state index is 0.109. The van der Waals surface area contributed by atoms with Gasteiger partial charge >= 0.3 is 5.82 Å². The smallest absolute Gasteiger partial charge is 0.363 e. The largest absolute Gasteiger partial charge is 0.372 e. The number of rotatable bonds is 5. The average Bonchev–Trinajstić information content (AvgIpc) is 2.26. The van der Waals surface area contributed by atoms with Gasteiger partial charge in [0.05, 0.1) is 5.69 Å². The first-order valence-electron chi connectivity index (χ1n) is 4.96. The van der Waals surface area contributed by atoms with Crippen LogP contribution >= 0.6 is 0 Å². The molecule has 1 heterocycles. The molecule has 0 aliphatic rings. The molecule has 1 aromatic rings. The molecule has 1 aromatic heterocycles. The van der Waals surface area contributed by atoms with Crippen LogP contribution in [0.5, 0.6) is 0 Å². The Balaban J connectivity index is 2.66. The Morgan fingerprint density at radius 2 is 2.27 bits per heavy atom. The Bertz CT molecular complexity index is 324. The molecule has 5 heteroatoms. The molecule has 0 bridgehead atoms. The summed E-state index contributed by atoms with van der Waals surface area (Å²) in [6.45, 7) is 3.07. The van der Waals surface area contributed by atoms with Crippen LogP contribution in [-0.2, 0) is 0 Å². The minimum Gasteiger partial charge on any atom is -0.372 e. The Kier molecular flexibility index (Phi) is 4.03. The van der Waals surface area contributed by atoms with Gasteiger partial charge < -0.3 is 15.0 Å². The molecular formula is C10H15N3O2. The molecule has 0 aromatic carbocycles. The molecule has 1 rings (SSSR count). The lowest BCUT2D eigenvalue weighted by Gasteiger charge is -2.16. The van der Waals surface area contributed by atoms with Crippen LogP contribution < -0.4 is 4.90 Å². The number of nitrogens with zero attached hydrogens (tertiary/aromatic N) is 3. The summed E-state index contributed by atoms with van der Waals surface area (Å²) in [4.78, 5) is 15.7. The molecular weight excluding hydrogens is 194 g/mol. The zero-order valence-corrected chi connectivity index (χ0v) is 9.01. The van der Waals surface area contributed by atoms with Crippen molar-refractivity contribution < 1.29 is 4.92 Å². The fraction of sp³-hybridized carbons (Fsp3) is 0.500. The van der Waals surface area contributed by atoms with E-state index in [4.69, 9.17) is 0 Å². The summed E-state index contributed by atoms with van der Waals surface area (Å²) in [5.74, 6) is -0.109. The molecule has 0 atom stereocenters. The number of hydrogen-bond acceptors (Lipinski definition) is 4. The summed E-state index contributed by atoms with van der Waals surface area (Å²) in [5, 5.41) is 10.4. The zero-order chi connectivity index (χ0) is 11.3. The predicted octanol–water partition coefficient (Wildman–Crippen LogP) is 2.23. The van der Waals surface area contributed by atoms with Crippen LogP contribution in [0.25, 0.3) is 0 Å². The second-order valence-electron chi connectivity index (χ2n) is 3.41. The molecule has 0 aliphatic heterocycles. The molecule has 5 nitrogen and oxygen atoms in total. The van der Waals surface area contributed by atoms with E-state index in [9.17, 15) is 10.1 Å². The van der Waals surface area contributed by atoms with Crippen molar-refractivity contribution in [2.45, 2.75) is 19.8 Å². The minimum atomic E-state index is -0.490. The SMILES string of the molecule is CCCCN(C)c1ccc([N+](=O)[O-])nc1. The van der Waals surface area contributed by atoms with Gasteiger partial charge in [0.25, 0.3) is 0 Å². The highest BCUT2D eigenvalue weighted by molar-refractivity contribution is 5.45. The molecule has 15 heavy (non-hydrogen) atoms. The van der Waals surface area contributed by atoms with Gasteiger partial charge in [0.15, 0.2) is 6.20 Å². The topological polar surface area (TPSA) is 59.3 Å². The second-order valence-corrected chi connectivity index (χ2v) is 3.41. The fourth-order valence-electron chi connectivity index (χ4n) is 1.24. The lowest BCUT2D eigenvalue weighted by molar-refractivity contribution is -0.389. The molecule has 0 aliphatic carbocycles. The van der Waals surface area contributed by atoms with Gasteiger partial charge in [-0.25, -0.2) is 0 Å². The van der Waals surface area contributed by atoms with Crippen LogP contribution in [0, 0.1) is 10.1 Å². The van der Waals surface area contributed by atoms with Gasteiger partial charge in [0, 0.05) is 19.7 Å². The maximum atomic E-state index is 10.4. The Morgan fingerprint density at radius 1 is 1.53 bits per heavy atom. The fourth-order valence-corrected chi connectivity index (χ4v) is 1.24. The Hall–Kier alpha value is -1.65. The molecule has 0 fully saturated rings. The summed E-state index contributed by atoms with van der Waals surface area (Å²) in [5.41, 5.74) is 0.911. The highest BCUT2D eigenvalue weighted by Gasteiger charge is 2.08. The van der Waals surface area contributed by atoms with Crippen LogP contribution in [-0.4, -0.2) is 23.5 Å². The molecule has 0 N–H and O–H groups in total. The maximum Gasteiger partial charge on any atom is 0.363 e. The molecule has 0 spiro atoms. The van der Waals surface area contributed by atoms with E-state index in [1.165, 1.54) is 12.3 Å². The van der Waals surface area contributed by atoms with Gasteiger partial charge in [-0.3, -0.25) is 0 Å². The maximum absolute atomic E-state index is 10.4. The molecule has 0 unspecified atom stereocenters. The van der Waals surface area contributed by atoms with Crippen molar-refractivity contribution in [1.82, 2.24) is 4.98 Å². The number of aromatic nitrogens is 1. The van der Waals surface area contributed by atoms with Crippen molar-refractivity contribution in [3.05, 3.63) is 28.4 Å². The van der Waals surface area contributed by atoms with E-state index in [1.807, 2.05) is 11.9 Å². The van der Waals surface area contributed by atoms with Crippen molar-refractivity contribution in [2.24, 2.45) is 0 Å². The van der Waals surface area contributed by atoms with E-state index in [-0.39, 0.29) is 5.82 Å². The van der Waals surface area contributed by atoms with Crippen molar-refractivity contribution in [1.29, 1.82) is 0 Å². The van der Waals surface area contributed by atoms with Gasteiger partial charge in [-0.2, -0.15) is 0 Å². The molecule has 0 radical (unpaired) electrons. The highest BCUT2D eigenvalue weighted by Crippen LogP contribution is 2.15. The van der Waals surface area contributed by atoms with Crippen LogP contribution in [0.15, 0.2) is 18.3 Å². The third-order valence-corrected chi connectivity index (χ3v) is 2.21. The van der Waals surface area contributed by atoms with E-state index in [0.717, 1.165) is 25.1 Å². The van der Waals surface area contributed by atoms with Gasteiger partial charge in [-0.15, -0.1) is 0 Å². The molecule has 0 saturated carbocycles. The Morgan fingerprint density at radius 3 is 2.73 bits per heavy atom. The van der Waals surface area contributed by atoms with E-state index in [1.54, 1.807) is 6.07 Å². The number of hydrogen-bond donors (Lipinski definition) is 0. The normalized spacial score (nSPS) is 10.0. The van der Waals surface area contributed by atoms with Gasteiger partial charge in [-0.1, -0.05) is 13.3 Å². The van der Waals surface area contributed by atoms with Crippen LogP contribution in [0.3, 0.4) is 0 Å². The predicted molar refractivity (Wildman–Crippen MR) is 59.1 cm³/mol. The Labute approximate surface area is 88.9 Å². The van der Waals surface area contributed by atoms with Gasteiger partial charge in [0.2, 0.25) is 0 Å². The lowest BCUT2D eigenvalue weighted by Crippen LogP contribution is -2.18. The first-order chi connectivity index (χ1) is 7.15. The summed E-state index contributed by atoms with van der Waals surface area (Å²) in [7, 11) is 1.96. The molecule has 0 saturated heterocycles. The average molecular weight is 209 g/mol. The summed E-state index contributed by atoms with van der Waals surface area (Å²) >= 11 is 0. The van der Waals surface area contributed by atoms with Gasteiger partial charge in [-0.05, 0) is 22.4 Å². The highest BCUT2D eigenvalue weighted by atomic mass is 16.6. The third-order valence-electron chi connectivity index (χ3n) is 2.21. The van der Waals surface area contributed by atoms with E-state index < -0.39 is 4.92 Å². The van der Waals surface area contributed by atoms with Crippen LogP contribution in [0.4, 0.5) is 11.5 Å². The third kappa shape index (κ3) is 3.19. The van der Waals surface area contributed by atoms with Crippen LogP contribution in [0.1, 0.15) is 19.8 Å². The zero-order valence-electron chi connectivity index (χ0n) is 9.01. The number of nitro groups is 1. The second kappa shape index (κ2) is 5.29. The van der Waals surface area contributed by atoms with E-state index >= 15 is 0 Å². The van der Waals surface area contributed by atoms with Crippen molar-refractivity contribution in [3.8, 4) is 0 Å². The van der Waals surface area contributed by atoms with Crippen LogP contribution in [0.2, 0.25) is 0 Å². The van der Waals surface area contributed by atoms with Crippen molar-refractivity contribution in [3.63, 3.8) is 0 Å². The standard InChI is InChI=1S/C10H15N3O2/c1-3-4-7-12(2)9-5-6-10(11-8-9)13(14)15/h5-6,8H,3-4,7H2,1-2H3. The lowest BCUT2D eigenvalue weighted by atomic mass is 10.3. The molecule has 0 amide bonds. The quantitative estimate of drug-likeness (QED) is 0.551. The van der Waals surface area contributed by atoms with E-state index in [2.05, 4.69) is 11.9 Å². The summed E-state index contributed by atoms with van der Waals surface area (Å²) < 4.78 is 0. The monoisotopic (exact) mass is 209 g/mol. The summed E-state index contributed by atoms with van der Waals surface area (Å²) in [6, 6.07) is 3.15. The van der Waals surface area contributed by atoms with Gasteiger partial charge in [0.1, 0.15) is 0 Å².